The minimum atomic E-state index is -3.77. The molecule has 0 aliphatic heterocycles. The van der Waals surface area contributed by atoms with E-state index in [4.69, 9.17) is 15.4 Å². The fourth-order valence-corrected chi connectivity index (χ4v) is 2.75. The maximum atomic E-state index is 12.0. The zero-order valence-electron chi connectivity index (χ0n) is 11.8. The molecule has 2 rings (SSSR count). The second-order valence-electron chi connectivity index (χ2n) is 5.19. The highest BCUT2D eigenvalue weighted by molar-refractivity contribution is 8.13. The summed E-state index contributed by atoms with van der Waals surface area (Å²) in [6.45, 7) is 3.34. The van der Waals surface area contributed by atoms with Gasteiger partial charge in [0.15, 0.2) is 0 Å². The standard InChI is InChI=1S/C14H18ClNO4S/c1-10-8-12(21(15,18)19)4-5-13(10)14(17)16-6-7-20-9-11-2-3-11/h4-5,8,11H,2-3,6-7,9H2,1H3,(H,16,17). The zero-order chi connectivity index (χ0) is 15.5. The number of rotatable bonds is 7. The summed E-state index contributed by atoms with van der Waals surface area (Å²) >= 11 is 0. The predicted molar refractivity (Wildman–Crippen MR) is 80.1 cm³/mol. The largest absolute Gasteiger partial charge is 0.379 e. The van der Waals surface area contributed by atoms with Crippen LogP contribution in [0.15, 0.2) is 23.1 Å². The minimum absolute atomic E-state index is 0.00835. The summed E-state index contributed by atoms with van der Waals surface area (Å²) in [5.41, 5.74) is 0.995. The quantitative estimate of drug-likeness (QED) is 0.613. The molecular weight excluding hydrogens is 314 g/mol. The molecule has 1 N–H and O–H groups in total. The number of hydrogen-bond acceptors (Lipinski definition) is 4. The number of amides is 1. The van der Waals surface area contributed by atoms with Gasteiger partial charge in [0, 0.05) is 29.4 Å². The molecule has 7 heteroatoms. The first-order valence-corrected chi connectivity index (χ1v) is 9.10. The number of benzene rings is 1. The van der Waals surface area contributed by atoms with Crippen molar-refractivity contribution < 1.29 is 17.9 Å². The molecule has 0 unspecified atom stereocenters. The number of carbonyl (C=O) groups is 1. The van der Waals surface area contributed by atoms with Crippen molar-refractivity contribution in [1.82, 2.24) is 5.32 Å². The molecule has 1 saturated carbocycles. The van der Waals surface area contributed by atoms with Gasteiger partial charge in [0.1, 0.15) is 0 Å². The monoisotopic (exact) mass is 331 g/mol. The lowest BCUT2D eigenvalue weighted by Gasteiger charge is -2.09. The van der Waals surface area contributed by atoms with Crippen molar-refractivity contribution in [2.24, 2.45) is 5.92 Å². The highest BCUT2D eigenvalue weighted by atomic mass is 35.7. The van der Waals surface area contributed by atoms with Crippen molar-refractivity contribution in [2.45, 2.75) is 24.7 Å². The van der Waals surface area contributed by atoms with Crippen molar-refractivity contribution in [1.29, 1.82) is 0 Å². The first-order chi connectivity index (χ1) is 9.88. The third kappa shape index (κ3) is 4.98. The summed E-state index contributed by atoms with van der Waals surface area (Å²) in [7, 11) is 1.49. The van der Waals surface area contributed by atoms with E-state index in [1.807, 2.05) is 0 Å². The molecular formula is C14H18ClNO4S. The molecule has 0 spiro atoms. The summed E-state index contributed by atoms with van der Waals surface area (Å²) < 4.78 is 27.9. The SMILES string of the molecule is Cc1cc(S(=O)(=O)Cl)ccc1C(=O)NCCOCC1CC1. The second kappa shape index (κ2) is 6.77. The first kappa shape index (κ1) is 16.3. The lowest BCUT2D eigenvalue weighted by Crippen LogP contribution is -2.28. The average molecular weight is 332 g/mol. The third-order valence-corrected chi connectivity index (χ3v) is 4.66. The van der Waals surface area contributed by atoms with E-state index in [-0.39, 0.29) is 10.8 Å². The van der Waals surface area contributed by atoms with Gasteiger partial charge in [-0.25, -0.2) is 8.42 Å². The number of hydrogen-bond donors (Lipinski definition) is 1. The summed E-state index contributed by atoms with van der Waals surface area (Å²) in [4.78, 5) is 12.0. The number of nitrogens with one attached hydrogen (secondary N) is 1. The number of ether oxygens (including phenoxy) is 1. The molecule has 116 valence electrons. The van der Waals surface area contributed by atoms with E-state index in [1.165, 1.54) is 31.0 Å². The van der Waals surface area contributed by atoms with Crippen LogP contribution in [0.2, 0.25) is 0 Å². The highest BCUT2D eigenvalue weighted by Crippen LogP contribution is 2.28. The van der Waals surface area contributed by atoms with Crippen molar-refractivity contribution >= 4 is 25.6 Å². The molecule has 0 saturated heterocycles. The van der Waals surface area contributed by atoms with Crippen LogP contribution < -0.4 is 5.32 Å². The van der Waals surface area contributed by atoms with Gasteiger partial charge in [-0.1, -0.05) is 0 Å². The molecule has 0 aromatic heterocycles. The molecule has 0 atom stereocenters. The summed E-state index contributed by atoms with van der Waals surface area (Å²) in [5, 5.41) is 2.75. The Hall–Kier alpha value is -1.11. The predicted octanol–water partition coefficient (Wildman–Crippen LogP) is 2.08. The van der Waals surface area contributed by atoms with E-state index in [0.717, 1.165) is 6.61 Å². The maximum absolute atomic E-state index is 12.0. The Labute approximate surface area is 129 Å². The van der Waals surface area contributed by atoms with Crippen molar-refractivity contribution in [2.75, 3.05) is 19.8 Å². The van der Waals surface area contributed by atoms with Crippen LogP contribution in [0.4, 0.5) is 0 Å². The van der Waals surface area contributed by atoms with Crippen LogP contribution in [0.25, 0.3) is 0 Å². The summed E-state index contributed by atoms with van der Waals surface area (Å²) in [6.07, 6.45) is 2.47. The van der Waals surface area contributed by atoms with Crippen LogP contribution in [0, 0.1) is 12.8 Å². The van der Waals surface area contributed by atoms with Gasteiger partial charge in [0.05, 0.1) is 11.5 Å². The second-order valence-corrected chi connectivity index (χ2v) is 7.75. The molecule has 0 radical (unpaired) electrons. The van der Waals surface area contributed by atoms with E-state index in [0.29, 0.717) is 30.2 Å². The summed E-state index contributed by atoms with van der Waals surface area (Å²) in [5.74, 6) is 0.453. The van der Waals surface area contributed by atoms with Gasteiger partial charge in [-0.15, -0.1) is 0 Å². The van der Waals surface area contributed by atoms with E-state index in [2.05, 4.69) is 5.32 Å². The van der Waals surface area contributed by atoms with Crippen LogP contribution in [0.1, 0.15) is 28.8 Å². The van der Waals surface area contributed by atoms with Crippen molar-refractivity contribution in [3.63, 3.8) is 0 Å². The lowest BCUT2D eigenvalue weighted by molar-refractivity contribution is 0.0906. The van der Waals surface area contributed by atoms with Gasteiger partial charge in [-0.05, 0) is 49.4 Å². The number of aryl methyl sites for hydroxylation is 1. The molecule has 1 aromatic carbocycles. The average Bonchev–Trinajstić information content (AvgIpc) is 3.21. The Morgan fingerprint density at radius 3 is 2.71 bits per heavy atom. The number of halogens is 1. The molecule has 1 amide bonds. The van der Waals surface area contributed by atoms with Crippen LogP contribution in [0.5, 0.6) is 0 Å². The fourth-order valence-electron chi connectivity index (χ4n) is 1.91. The normalized spacial score (nSPS) is 15.0. The molecule has 1 aliphatic carbocycles. The Bertz CT molecular complexity index is 626. The molecule has 1 aromatic rings. The smallest absolute Gasteiger partial charge is 0.261 e. The fraction of sp³-hybridized carbons (Fsp3) is 0.500. The Morgan fingerprint density at radius 1 is 1.43 bits per heavy atom. The van der Waals surface area contributed by atoms with Gasteiger partial charge < -0.3 is 10.1 Å². The molecule has 5 nitrogen and oxygen atoms in total. The van der Waals surface area contributed by atoms with Gasteiger partial charge in [-0.3, -0.25) is 4.79 Å². The molecule has 0 bridgehead atoms. The molecule has 1 fully saturated rings. The van der Waals surface area contributed by atoms with Gasteiger partial charge in [-0.2, -0.15) is 0 Å². The highest BCUT2D eigenvalue weighted by Gasteiger charge is 2.21. The van der Waals surface area contributed by atoms with Crippen LogP contribution >= 0.6 is 10.7 Å². The zero-order valence-corrected chi connectivity index (χ0v) is 13.3. The molecule has 1 aliphatic rings. The van der Waals surface area contributed by atoms with Crippen LogP contribution in [-0.4, -0.2) is 34.1 Å². The number of carbonyl (C=O) groups excluding carboxylic acids is 1. The van der Waals surface area contributed by atoms with Gasteiger partial charge in [0.2, 0.25) is 0 Å². The minimum Gasteiger partial charge on any atom is -0.379 e. The van der Waals surface area contributed by atoms with E-state index >= 15 is 0 Å². The maximum Gasteiger partial charge on any atom is 0.261 e. The molecule has 21 heavy (non-hydrogen) atoms. The van der Waals surface area contributed by atoms with Crippen molar-refractivity contribution in [3.05, 3.63) is 29.3 Å². The van der Waals surface area contributed by atoms with Crippen LogP contribution in [-0.2, 0) is 13.8 Å². The van der Waals surface area contributed by atoms with E-state index < -0.39 is 9.05 Å². The topological polar surface area (TPSA) is 72.5 Å². The van der Waals surface area contributed by atoms with E-state index in [9.17, 15) is 13.2 Å². The van der Waals surface area contributed by atoms with Crippen LogP contribution in [0.3, 0.4) is 0 Å². The first-order valence-electron chi connectivity index (χ1n) is 6.79. The van der Waals surface area contributed by atoms with Crippen molar-refractivity contribution in [3.8, 4) is 0 Å². The van der Waals surface area contributed by atoms with Gasteiger partial charge in [0.25, 0.3) is 15.0 Å². The Kier molecular flexibility index (Phi) is 5.24. The van der Waals surface area contributed by atoms with E-state index in [1.54, 1.807) is 6.92 Å². The Morgan fingerprint density at radius 2 is 2.14 bits per heavy atom. The molecule has 0 heterocycles. The third-order valence-electron chi connectivity index (χ3n) is 3.31. The Balaban J connectivity index is 1.86. The lowest BCUT2D eigenvalue weighted by atomic mass is 10.1. The summed E-state index contributed by atoms with van der Waals surface area (Å²) in [6, 6.07) is 4.18. The van der Waals surface area contributed by atoms with Gasteiger partial charge >= 0.3 is 0 Å².